The fraction of sp³-hybridized carbons (Fsp3) is 0.321. The summed E-state index contributed by atoms with van der Waals surface area (Å²) in [7, 11) is 0. The van der Waals surface area contributed by atoms with Crippen molar-refractivity contribution >= 4 is 23.5 Å². The number of carbonyl (C=O) groups is 3. The van der Waals surface area contributed by atoms with Crippen LogP contribution in [0.1, 0.15) is 60.4 Å². The van der Waals surface area contributed by atoms with Crippen molar-refractivity contribution in [1.29, 1.82) is 0 Å². The summed E-state index contributed by atoms with van der Waals surface area (Å²) in [4.78, 5) is 44.0. The minimum Gasteiger partial charge on any atom is -0.481 e. The first-order valence-corrected chi connectivity index (χ1v) is 12.2. The molecular weight excluding hydrogens is 456 g/mol. The second-order valence-corrected chi connectivity index (χ2v) is 9.14. The lowest BCUT2D eigenvalue weighted by Crippen LogP contribution is -2.27. The molecule has 1 heterocycles. The molecule has 1 saturated carbocycles. The van der Waals surface area contributed by atoms with Crippen molar-refractivity contribution in [2.45, 2.75) is 44.4 Å². The predicted molar refractivity (Wildman–Crippen MR) is 136 cm³/mol. The number of carboxylic acids is 1. The van der Waals surface area contributed by atoms with Gasteiger partial charge in [-0.3, -0.25) is 14.4 Å². The number of nitrogens with one attached hydrogen (secondary N) is 2. The molecule has 4 rings (SSSR count). The largest absolute Gasteiger partial charge is 0.481 e. The second-order valence-electron chi connectivity index (χ2n) is 9.14. The number of nitrogens with zero attached hydrogens (tertiary/aromatic N) is 2. The molecule has 0 bridgehead atoms. The Bertz CT molecular complexity index is 1170. The highest BCUT2D eigenvalue weighted by Crippen LogP contribution is 2.37. The van der Waals surface area contributed by atoms with Crippen molar-refractivity contribution in [1.82, 2.24) is 15.3 Å². The van der Waals surface area contributed by atoms with Crippen LogP contribution in [0.25, 0.3) is 11.4 Å². The molecule has 0 spiro atoms. The van der Waals surface area contributed by atoms with E-state index in [0.717, 1.165) is 31.2 Å². The molecule has 0 saturated heterocycles. The van der Waals surface area contributed by atoms with E-state index in [1.54, 1.807) is 42.7 Å². The highest BCUT2D eigenvalue weighted by molar-refractivity contribution is 5.95. The Balaban J connectivity index is 1.19. The van der Waals surface area contributed by atoms with E-state index < -0.39 is 5.97 Å². The third-order valence-corrected chi connectivity index (χ3v) is 6.58. The average Bonchev–Trinajstić information content (AvgIpc) is 2.90. The van der Waals surface area contributed by atoms with Crippen LogP contribution < -0.4 is 10.6 Å². The van der Waals surface area contributed by atoms with E-state index in [4.69, 9.17) is 5.11 Å². The van der Waals surface area contributed by atoms with Crippen molar-refractivity contribution in [3.8, 4) is 11.4 Å². The molecular formula is C28H30N4O4. The summed E-state index contributed by atoms with van der Waals surface area (Å²) < 4.78 is 0. The molecule has 36 heavy (non-hydrogen) atoms. The molecule has 1 fully saturated rings. The quantitative estimate of drug-likeness (QED) is 0.405. The Morgan fingerprint density at radius 1 is 0.889 bits per heavy atom. The third kappa shape index (κ3) is 6.97. The van der Waals surface area contributed by atoms with Crippen LogP contribution in [-0.2, 0) is 9.59 Å². The minimum absolute atomic E-state index is 0.164. The highest BCUT2D eigenvalue weighted by atomic mass is 16.4. The fourth-order valence-electron chi connectivity index (χ4n) is 4.62. The Morgan fingerprint density at radius 3 is 2.19 bits per heavy atom. The van der Waals surface area contributed by atoms with Gasteiger partial charge in [0.2, 0.25) is 5.91 Å². The Morgan fingerprint density at radius 2 is 1.56 bits per heavy atom. The lowest BCUT2D eigenvalue weighted by Gasteiger charge is -2.28. The third-order valence-electron chi connectivity index (χ3n) is 6.58. The topological polar surface area (TPSA) is 121 Å². The smallest absolute Gasteiger partial charge is 0.303 e. The SMILES string of the molecule is O=C(O)CC1CCC(c2ccc(NC(=O)CCNC(=O)c3ccc(-c4ncccn4)cc3)cc2)CC1. The maximum atomic E-state index is 12.4. The van der Waals surface area contributed by atoms with Gasteiger partial charge in [0.25, 0.3) is 5.91 Å². The zero-order chi connectivity index (χ0) is 25.3. The first kappa shape index (κ1) is 25.0. The number of rotatable bonds is 9. The molecule has 0 unspecified atom stereocenters. The molecule has 1 aliphatic carbocycles. The van der Waals surface area contributed by atoms with E-state index in [1.807, 2.05) is 24.3 Å². The van der Waals surface area contributed by atoms with Gasteiger partial charge in [-0.25, -0.2) is 9.97 Å². The molecule has 1 aromatic heterocycles. The molecule has 2 aromatic carbocycles. The van der Waals surface area contributed by atoms with Gasteiger partial charge in [-0.05, 0) is 73.4 Å². The maximum Gasteiger partial charge on any atom is 0.303 e. The molecule has 8 heteroatoms. The number of anilines is 1. The number of carbonyl (C=O) groups excluding carboxylic acids is 2. The van der Waals surface area contributed by atoms with Crippen LogP contribution in [0.5, 0.6) is 0 Å². The van der Waals surface area contributed by atoms with Crippen molar-refractivity contribution < 1.29 is 19.5 Å². The molecule has 2 amide bonds. The summed E-state index contributed by atoms with van der Waals surface area (Å²) in [5, 5.41) is 14.6. The molecule has 3 aromatic rings. The summed E-state index contributed by atoms with van der Waals surface area (Å²) in [5.41, 5.74) is 3.26. The number of amides is 2. The van der Waals surface area contributed by atoms with Crippen LogP contribution in [0.4, 0.5) is 5.69 Å². The van der Waals surface area contributed by atoms with E-state index in [1.165, 1.54) is 5.56 Å². The van der Waals surface area contributed by atoms with Gasteiger partial charge in [-0.1, -0.05) is 24.3 Å². The van der Waals surface area contributed by atoms with Gasteiger partial charge in [-0.15, -0.1) is 0 Å². The van der Waals surface area contributed by atoms with Crippen molar-refractivity contribution in [3.63, 3.8) is 0 Å². The van der Waals surface area contributed by atoms with Crippen molar-refractivity contribution in [2.75, 3.05) is 11.9 Å². The standard InChI is InChI=1S/C28H30N4O4/c33-25(14-17-31-28(36)23-8-6-22(7-9-23)27-29-15-1-16-30-27)32-24-12-10-21(11-13-24)20-4-2-19(3-5-20)18-26(34)35/h1,6-13,15-16,19-20H,2-5,14,17-18H2,(H,31,36)(H,32,33)(H,34,35). The summed E-state index contributed by atoms with van der Waals surface area (Å²) in [5.74, 6) is 0.174. The first-order valence-electron chi connectivity index (χ1n) is 12.2. The maximum absolute atomic E-state index is 12.4. The first-order chi connectivity index (χ1) is 17.5. The van der Waals surface area contributed by atoms with Crippen LogP contribution >= 0.6 is 0 Å². The number of aromatic nitrogens is 2. The van der Waals surface area contributed by atoms with Gasteiger partial charge in [0, 0.05) is 48.6 Å². The number of hydrogen-bond acceptors (Lipinski definition) is 5. The number of hydrogen-bond donors (Lipinski definition) is 3. The van der Waals surface area contributed by atoms with Gasteiger partial charge in [0.1, 0.15) is 0 Å². The molecule has 0 aliphatic heterocycles. The van der Waals surface area contributed by atoms with Gasteiger partial charge in [-0.2, -0.15) is 0 Å². The Labute approximate surface area is 210 Å². The van der Waals surface area contributed by atoms with E-state index in [0.29, 0.717) is 23.0 Å². The molecule has 3 N–H and O–H groups in total. The van der Waals surface area contributed by atoms with Crippen LogP contribution in [0.2, 0.25) is 0 Å². The van der Waals surface area contributed by atoms with E-state index in [9.17, 15) is 14.4 Å². The zero-order valence-corrected chi connectivity index (χ0v) is 20.0. The van der Waals surface area contributed by atoms with Gasteiger partial charge in [0.15, 0.2) is 5.82 Å². The van der Waals surface area contributed by atoms with Gasteiger partial charge in [0.05, 0.1) is 0 Å². The minimum atomic E-state index is -0.717. The van der Waals surface area contributed by atoms with Crippen LogP contribution in [-0.4, -0.2) is 39.4 Å². The van der Waals surface area contributed by atoms with E-state index >= 15 is 0 Å². The predicted octanol–water partition coefficient (Wildman–Crippen LogP) is 4.65. The molecule has 0 radical (unpaired) electrons. The summed E-state index contributed by atoms with van der Waals surface area (Å²) in [6.45, 7) is 0.228. The lowest BCUT2D eigenvalue weighted by atomic mass is 9.77. The average molecular weight is 487 g/mol. The van der Waals surface area contributed by atoms with E-state index in [2.05, 4.69) is 20.6 Å². The van der Waals surface area contributed by atoms with Gasteiger partial charge >= 0.3 is 5.97 Å². The summed E-state index contributed by atoms with van der Waals surface area (Å²) >= 11 is 0. The van der Waals surface area contributed by atoms with Crippen molar-refractivity contribution in [2.24, 2.45) is 5.92 Å². The molecule has 186 valence electrons. The lowest BCUT2D eigenvalue weighted by molar-refractivity contribution is -0.138. The van der Waals surface area contributed by atoms with Crippen molar-refractivity contribution in [3.05, 3.63) is 78.1 Å². The normalized spacial score (nSPS) is 17.2. The van der Waals surface area contributed by atoms with Gasteiger partial charge < -0.3 is 15.7 Å². The van der Waals surface area contributed by atoms with Crippen LogP contribution in [0, 0.1) is 5.92 Å². The van der Waals surface area contributed by atoms with E-state index in [-0.39, 0.29) is 37.1 Å². The molecule has 0 atom stereocenters. The monoisotopic (exact) mass is 486 g/mol. The fourth-order valence-corrected chi connectivity index (χ4v) is 4.62. The zero-order valence-electron chi connectivity index (χ0n) is 20.0. The Hall–Kier alpha value is -4.07. The summed E-state index contributed by atoms with van der Waals surface area (Å²) in [6, 6.07) is 16.6. The number of benzene rings is 2. The van der Waals surface area contributed by atoms with Crippen LogP contribution in [0.15, 0.2) is 67.0 Å². The number of carboxylic acid groups (broad SMARTS) is 1. The summed E-state index contributed by atoms with van der Waals surface area (Å²) in [6.07, 6.45) is 7.61. The Kier molecular flexibility index (Phi) is 8.39. The van der Waals surface area contributed by atoms with Crippen LogP contribution in [0.3, 0.4) is 0 Å². The highest BCUT2D eigenvalue weighted by Gasteiger charge is 2.24. The number of aliphatic carboxylic acids is 1. The molecule has 1 aliphatic rings. The molecule has 8 nitrogen and oxygen atoms in total. The second kappa shape index (κ2) is 12.1.